The predicted octanol–water partition coefficient (Wildman–Crippen LogP) is 4.24. The van der Waals surface area contributed by atoms with E-state index in [0.717, 1.165) is 0 Å². The van der Waals surface area contributed by atoms with Crippen molar-refractivity contribution in [1.29, 1.82) is 0 Å². The highest BCUT2D eigenvalue weighted by molar-refractivity contribution is 9.10. The largest absolute Gasteiger partial charge is 0.493 e. The van der Waals surface area contributed by atoms with Gasteiger partial charge >= 0.3 is 5.97 Å². The molecular formula is C22H28BrNO6S. The third-order valence-corrected chi connectivity index (χ3v) is 7.28. The van der Waals surface area contributed by atoms with Gasteiger partial charge in [-0.25, -0.2) is 8.42 Å². The van der Waals surface area contributed by atoms with Gasteiger partial charge in [-0.3, -0.25) is 4.79 Å². The van der Waals surface area contributed by atoms with Gasteiger partial charge in [0.05, 0.1) is 25.7 Å². The Bertz CT molecular complexity index is 995. The number of carbonyl (C=O) groups excluding carboxylic acids is 1. The highest BCUT2D eigenvalue weighted by Gasteiger charge is 2.39. The number of sulfonamides is 1. The maximum atomic E-state index is 13.6. The molecule has 0 aliphatic carbocycles. The Kier molecular flexibility index (Phi) is 8.90. The molecule has 0 N–H and O–H groups in total. The second-order valence-corrected chi connectivity index (χ2v) is 9.85. The van der Waals surface area contributed by atoms with Gasteiger partial charge in [0.25, 0.3) is 0 Å². The second-order valence-electron chi connectivity index (χ2n) is 7.10. The molecule has 0 saturated carbocycles. The lowest BCUT2D eigenvalue weighted by molar-refractivity contribution is -0.149. The molecule has 9 heteroatoms. The number of methoxy groups -OCH3 is 2. The van der Waals surface area contributed by atoms with Crippen LogP contribution in [0, 0.1) is 5.92 Å². The van der Waals surface area contributed by atoms with Crippen LogP contribution >= 0.6 is 15.9 Å². The molecule has 0 heterocycles. The fourth-order valence-electron chi connectivity index (χ4n) is 3.20. The minimum Gasteiger partial charge on any atom is -0.493 e. The van der Waals surface area contributed by atoms with Crippen LogP contribution in [0.2, 0.25) is 0 Å². The SMILES string of the molecule is CCOC(=O)[C@H](C(C)C)N(Cc1cc(OC)c(OC)cc1Br)S(=O)(=O)c1ccccc1. The van der Waals surface area contributed by atoms with Crippen LogP contribution in [-0.2, 0) is 26.1 Å². The van der Waals surface area contributed by atoms with Gasteiger partial charge in [-0.1, -0.05) is 48.0 Å². The van der Waals surface area contributed by atoms with Crippen molar-refractivity contribution in [3.05, 3.63) is 52.5 Å². The summed E-state index contributed by atoms with van der Waals surface area (Å²) < 4.78 is 45.0. The lowest BCUT2D eigenvalue weighted by Crippen LogP contribution is -2.48. The molecule has 2 aromatic carbocycles. The molecule has 0 amide bonds. The Morgan fingerprint density at radius 3 is 2.16 bits per heavy atom. The monoisotopic (exact) mass is 513 g/mol. The van der Waals surface area contributed by atoms with Crippen molar-refractivity contribution in [2.75, 3.05) is 20.8 Å². The summed E-state index contributed by atoms with van der Waals surface area (Å²) in [5.74, 6) is 0.0430. The molecule has 0 radical (unpaired) electrons. The van der Waals surface area contributed by atoms with Gasteiger partial charge in [-0.2, -0.15) is 4.31 Å². The van der Waals surface area contributed by atoms with Crippen LogP contribution in [0.25, 0.3) is 0 Å². The van der Waals surface area contributed by atoms with E-state index in [0.29, 0.717) is 21.5 Å². The van der Waals surface area contributed by atoms with E-state index < -0.39 is 22.0 Å². The van der Waals surface area contributed by atoms with E-state index in [1.165, 1.54) is 30.7 Å². The molecule has 7 nitrogen and oxygen atoms in total. The van der Waals surface area contributed by atoms with Gasteiger partial charge in [0.1, 0.15) is 6.04 Å². The number of rotatable bonds is 10. The van der Waals surface area contributed by atoms with E-state index in [2.05, 4.69) is 15.9 Å². The zero-order valence-electron chi connectivity index (χ0n) is 18.3. The minimum absolute atomic E-state index is 0.0696. The molecule has 1 atom stereocenters. The third kappa shape index (κ3) is 5.78. The van der Waals surface area contributed by atoms with Crippen LogP contribution in [0.1, 0.15) is 26.3 Å². The number of benzene rings is 2. The molecule has 0 aromatic heterocycles. The fraction of sp³-hybridized carbons (Fsp3) is 0.409. The molecule has 170 valence electrons. The van der Waals surface area contributed by atoms with Crippen molar-refractivity contribution >= 4 is 31.9 Å². The van der Waals surface area contributed by atoms with Gasteiger partial charge in [-0.05, 0) is 42.7 Å². The molecule has 0 aliphatic heterocycles. The average Bonchev–Trinajstić information content (AvgIpc) is 2.74. The molecule has 0 fully saturated rings. The fourth-order valence-corrected chi connectivity index (χ4v) is 5.35. The number of ether oxygens (including phenoxy) is 3. The van der Waals surface area contributed by atoms with Crippen LogP contribution in [0.5, 0.6) is 11.5 Å². The van der Waals surface area contributed by atoms with E-state index in [1.54, 1.807) is 51.1 Å². The summed E-state index contributed by atoms with van der Waals surface area (Å²) in [5.41, 5.74) is 0.618. The Balaban J connectivity index is 2.64. The zero-order chi connectivity index (χ0) is 23.2. The summed E-state index contributed by atoms with van der Waals surface area (Å²) in [5, 5.41) is 0. The lowest BCUT2D eigenvalue weighted by atomic mass is 10.0. The first kappa shape index (κ1) is 25.2. The van der Waals surface area contributed by atoms with Crippen molar-refractivity contribution in [1.82, 2.24) is 4.31 Å². The van der Waals surface area contributed by atoms with Crippen LogP contribution in [-0.4, -0.2) is 45.6 Å². The molecule has 2 aromatic rings. The summed E-state index contributed by atoms with van der Waals surface area (Å²) in [6.07, 6.45) is 0. The van der Waals surface area contributed by atoms with Crippen molar-refractivity contribution in [2.45, 2.75) is 38.3 Å². The number of nitrogens with zero attached hydrogens (tertiary/aromatic N) is 1. The first-order valence-electron chi connectivity index (χ1n) is 9.81. The standard InChI is InChI=1S/C22H28BrNO6S/c1-6-30-22(25)21(15(2)3)24(31(26,27)17-10-8-7-9-11-17)14-16-12-19(28-4)20(29-5)13-18(16)23/h7-13,15,21H,6,14H2,1-5H3/t21-/m0/s1. The van der Waals surface area contributed by atoms with E-state index in [1.807, 2.05) is 0 Å². The van der Waals surface area contributed by atoms with Crippen LogP contribution < -0.4 is 9.47 Å². The number of hydrogen-bond acceptors (Lipinski definition) is 6. The molecular weight excluding hydrogens is 486 g/mol. The van der Waals surface area contributed by atoms with Gasteiger partial charge in [-0.15, -0.1) is 0 Å². The number of hydrogen-bond donors (Lipinski definition) is 0. The number of carbonyl (C=O) groups is 1. The first-order valence-corrected chi connectivity index (χ1v) is 12.0. The van der Waals surface area contributed by atoms with Gasteiger partial charge < -0.3 is 14.2 Å². The van der Waals surface area contributed by atoms with E-state index in [9.17, 15) is 13.2 Å². The van der Waals surface area contributed by atoms with Crippen LogP contribution in [0.3, 0.4) is 0 Å². The number of esters is 1. The average molecular weight is 514 g/mol. The highest BCUT2D eigenvalue weighted by Crippen LogP contribution is 2.35. The van der Waals surface area contributed by atoms with Crippen molar-refractivity contribution in [3.63, 3.8) is 0 Å². The predicted molar refractivity (Wildman–Crippen MR) is 122 cm³/mol. The highest BCUT2D eigenvalue weighted by atomic mass is 79.9. The van der Waals surface area contributed by atoms with E-state index >= 15 is 0 Å². The number of halogens is 1. The molecule has 0 aliphatic rings. The molecule has 0 saturated heterocycles. The maximum Gasteiger partial charge on any atom is 0.324 e. The topological polar surface area (TPSA) is 82.1 Å². The van der Waals surface area contributed by atoms with Crippen molar-refractivity contribution in [2.24, 2.45) is 5.92 Å². The lowest BCUT2D eigenvalue weighted by Gasteiger charge is -2.32. The molecule has 2 rings (SSSR count). The smallest absolute Gasteiger partial charge is 0.324 e. The summed E-state index contributed by atoms with van der Waals surface area (Å²) in [6.45, 7) is 5.36. The Labute approximate surface area is 192 Å². The Morgan fingerprint density at radius 1 is 1.06 bits per heavy atom. The van der Waals surface area contributed by atoms with E-state index in [-0.39, 0.29) is 24.0 Å². The first-order chi connectivity index (χ1) is 14.7. The maximum absolute atomic E-state index is 13.6. The quantitative estimate of drug-likeness (QED) is 0.441. The molecule has 0 bridgehead atoms. The van der Waals surface area contributed by atoms with Gasteiger partial charge in [0.2, 0.25) is 10.0 Å². The normalized spacial score (nSPS) is 12.6. The van der Waals surface area contributed by atoms with Crippen LogP contribution in [0.15, 0.2) is 51.8 Å². The third-order valence-electron chi connectivity index (χ3n) is 4.70. The molecule has 0 spiro atoms. The summed E-state index contributed by atoms with van der Waals surface area (Å²) in [6, 6.07) is 10.4. The van der Waals surface area contributed by atoms with Gasteiger partial charge in [0.15, 0.2) is 11.5 Å². The zero-order valence-corrected chi connectivity index (χ0v) is 20.7. The molecule has 31 heavy (non-hydrogen) atoms. The summed E-state index contributed by atoms with van der Waals surface area (Å²) >= 11 is 3.48. The van der Waals surface area contributed by atoms with Crippen LogP contribution in [0.4, 0.5) is 0 Å². The summed E-state index contributed by atoms with van der Waals surface area (Å²) in [7, 11) is -0.996. The molecule has 0 unspecified atom stereocenters. The Hall–Kier alpha value is -2.10. The second kappa shape index (κ2) is 11.0. The minimum atomic E-state index is -4.02. The van der Waals surface area contributed by atoms with Gasteiger partial charge in [0, 0.05) is 11.0 Å². The van der Waals surface area contributed by atoms with Crippen molar-refractivity contribution in [3.8, 4) is 11.5 Å². The van der Waals surface area contributed by atoms with E-state index in [4.69, 9.17) is 14.2 Å². The van der Waals surface area contributed by atoms with Crippen molar-refractivity contribution < 1.29 is 27.4 Å². The Morgan fingerprint density at radius 2 is 1.65 bits per heavy atom. The summed E-state index contributed by atoms with van der Waals surface area (Å²) in [4.78, 5) is 12.9.